The van der Waals surface area contributed by atoms with Crippen LogP contribution in [0.3, 0.4) is 0 Å². The van der Waals surface area contributed by atoms with E-state index in [0.717, 1.165) is 19.3 Å². The third kappa shape index (κ3) is 4.14. The number of halogens is 3. The van der Waals surface area contributed by atoms with Gasteiger partial charge in [0.2, 0.25) is 5.88 Å². The molecule has 0 unspecified atom stereocenters. The molecular weight excluding hydrogens is 571 g/mol. The number of phenols is 1. The largest absolute Gasteiger partial charge is 0.508 e. The zero-order chi connectivity index (χ0) is 32.0. The lowest BCUT2D eigenvalue weighted by Gasteiger charge is -2.35. The minimum Gasteiger partial charge on any atom is -0.508 e. The summed E-state index contributed by atoms with van der Waals surface area (Å²) >= 11 is 0. The maximum absolute atomic E-state index is 16.9. The van der Waals surface area contributed by atoms with Gasteiger partial charge in [-0.3, -0.25) is 4.90 Å². The Labute approximate surface area is 254 Å². The number of aromatic hydroxyl groups is 1. The van der Waals surface area contributed by atoms with Gasteiger partial charge < -0.3 is 19.5 Å². The molecule has 3 fully saturated rings. The number of pyridine rings is 1. The number of hydrogen-bond donors (Lipinski definition) is 1. The van der Waals surface area contributed by atoms with Crippen molar-refractivity contribution in [3.8, 4) is 41.2 Å². The summed E-state index contributed by atoms with van der Waals surface area (Å²) in [6.45, 7) is -0.870. The van der Waals surface area contributed by atoms with E-state index in [9.17, 15) is 13.9 Å². The van der Waals surface area contributed by atoms with Crippen LogP contribution in [0.1, 0.15) is 46.8 Å². The van der Waals surface area contributed by atoms with Gasteiger partial charge in [-0.2, -0.15) is 9.97 Å². The molecule has 0 aliphatic carbocycles. The fraction of sp³-hybridized carbons (Fsp3) is 0.424. The molecule has 11 heteroatoms. The van der Waals surface area contributed by atoms with Crippen molar-refractivity contribution in [2.45, 2.75) is 56.3 Å². The Balaban J connectivity index is 1.32. The van der Waals surface area contributed by atoms with Crippen LogP contribution in [0.5, 0.6) is 17.6 Å². The molecule has 2 aromatic heterocycles. The van der Waals surface area contributed by atoms with Crippen molar-refractivity contribution in [2.24, 2.45) is 0 Å². The minimum absolute atomic E-state index is 0.0296. The normalized spacial score (nSPS) is 26.4. The topological polar surface area (TPSA) is 83.8 Å². The molecule has 8 rings (SSSR count). The molecule has 8 nitrogen and oxygen atoms in total. The van der Waals surface area contributed by atoms with E-state index >= 15 is 4.39 Å². The highest BCUT2D eigenvalue weighted by Gasteiger charge is 2.49. The Morgan fingerprint density at radius 1 is 1.18 bits per heavy atom. The van der Waals surface area contributed by atoms with Gasteiger partial charge in [-0.05, 0) is 62.2 Å². The molecule has 4 aliphatic heterocycles. The monoisotopic (exact) mass is 603 g/mol. The van der Waals surface area contributed by atoms with E-state index in [1.165, 1.54) is 29.2 Å². The number of anilines is 1. The molecule has 44 heavy (non-hydrogen) atoms. The van der Waals surface area contributed by atoms with E-state index in [1.54, 1.807) is 0 Å². The standard InChI is InChI=1S/C33H30F3N5O3/c1-2-22-24(35)8-7-18-12-21(42)13-23(25(18)22)28-27(36)29-26-30(41-11-4-3-6-20(41)16-43-31(26)37-28)39-32(38-29)44-17-33-9-5-10-40(33)15-19(34)14-33/h1,7-8,12-13,19-20,42H,3-6,9-11,14-17H2/t19-,20+,33+/m1/s1/i10D2. The summed E-state index contributed by atoms with van der Waals surface area (Å²) < 4.78 is 75.5. The first-order chi connectivity index (χ1) is 22.1. The third-order valence-electron chi connectivity index (χ3n) is 9.39. The molecule has 4 aromatic rings. The van der Waals surface area contributed by atoms with Crippen molar-refractivity contribution in [3.63, 3.8) is 0 Å². The van der Waals surface area contributed by atoms with Gasteiger partial charge in [-0.25, -0.2) is 18.2 Å². The Bertz CT molecular complexity index is 1970. The van der Waals surface area contributed by atoms with Crippen LogP contribution in [-0.4, -0.2) is 75.5 Å². The van der Waals surface area contributed by atoms with E-state index in [0.29, 0.717) is 24.2 Å². The molecule has 0 spiro atoms. The molecule has 3 saturated heterocycles. The maximum atomic E-state index is 16.9. The molecule has 3 atom stereocenters. The number of alkyl halides is 1. The van der Waals surface area contributed by atoms with Gasteiger partial charge in [0.25, 0.3) is 0 Å². The highest BCUT2D eigenvalue weighted by Crippen LogP contribution is 2.45. The third-order valence-corrected chi connectivity index (χ3v) is 9.39. The molecule has 0 radical (unpaired) electrons. The molecule has 6 heterocycles. The average Bonchev–Trinajstić information content (AvgIpc) is 3.44. The lowest BCUT2D eigenvalue weighted by molar-refractivity contribution is 0.107. The smallest absolute Gasteiger partial charge is 0.319 e. The SMILES string of the molecule is [2H]C1([2H])CC[C@@]2(COc3nc4c5c(nc(-c6cc(O)cc7ccc(F)c(C#C)c67)c(F)c5n3)OC[C@@H]3CCCCN43)C[C@@H](F)CN12. The lowest BCUT2D eigenvalue weighted by atomic mass is 9.95. The number of hydrogen-bond acceptors (Lipinski definition) is 8. The Kier molecular flexibility index (Phi) is 5.77. The zero-order valence-corrected chi connectivity index (χ0v) is 23.7. The van der Waals surface area contributed by atoms with Crippen LogP contribution in [0.2, 0.25) is 0 Å². The van der Waals surface area contributed by atoms with Crippen LogP contribution in [0.25, 0.3) is 32.9 Å². The second kappa shape index (κ2) is 10.1. The van der Waals surface area contributed by atoms with E-state index in [-0.39, 0.29) is 89.4 Å². The number of nitrogens with zero attached hydrogens (tertiary/aromatic N) is 5. The highest BCUT2D eigenvalue weighted by atomic mass is 19.1. The summed E-state index contributed by atoms with van der Waals surface area (Å²) in [5.41, 5.74) is -1.31. The van der Waals surface area contributed by atoms with E-state index < -0.39 is 29.8 Å². The number of benzene rings is 2. The highest BCUT2D eigenvalue weighted by molar-refractivity contribution is 6.04. The van der Waals surface area contributed by atoms with Crippen LogP contribution in [0, 0.1) is 24.0 Å². The number of phenolic OH excluding ortho intramolecular Hbond substituents is 1. The molecule has 0 amide bonds. The minimum atomic E-state index is -1.67. The van der Waals surface area contributed by atoms with Gasteiger partial charge in [0.15, 0.2) is 5.82 Å². The number of rotatable bonds is 4. The summed E-state index contributed by atoms with van der Waals surface area (Å²) in [6.07, 6.45) is 7.92. The van der Waals surface area contributed by atoms with Gasteiger partial charge in [-0.1, -0.05) is 12.0 Å². The van der Waals surface area contributed by atoms with Gasteiger partial charge in [-0.15, -0.1) is 6.42 Å². The number of aromatic nitrogens is 3. The van der Waals surface area contributed by atoms with E-state index in [2.05, 4.69) is 20.8 Å². The first-order valence-electron chi connectivity index (χ1n) is 15.9. The van der Waals surface area contributed by atoms with Crippen LogP contribution in [0.4, 0.5) is 19.0 Å². The van der Waals surface area contributed by atoms with E-state index in [1.807, 2.05) is 0 Å². The second-order valence-electron chi connectivity index (χ2n) is 12.0. The summed E-state index contributed by atoms with van der Waals surface area (Å²) in [6, 6.07) is 5.11. The summed E-state index contributed by atoms with van der Waals surface area (Å²) in [7, 11) is 0. The first-order valence-corrected chi connectivity index (χ1v) is 14.9. The van der Waals surface area contributed by atoms with Crippen LogP contribution < -0.4 is 14.4 Å². The first kappa shape index (κ1) is 25.1. The van der Waals surface area contributed by atoms with Crippen molar-refractivity contribution in [1.29, 1.82) is 0 Å². The molecule has 0 bridgehead atoms. The predicted octanol–water partition coefficient (Wildman–Crippen LogP) is 5.52. The van der Waals surface area contributed by atoms with Crippen molar-refractivity contribution in [1.82, 2.24) is 19.9 Å². The van der Waals surface area contributed by atoms with Crippen molar-refractivity contribution in [2.75, 3.05) is 37.7 Å². The number of fused-ring (bicyclic) bond motifs is 4. The Hall–Kier alpha value is -4.30. The van der Waals surface area contributed by atoms with Crippen molar-refractivity contribution < 1.29 is 30.5 Å². The molecule has 4 aliphatic rings. The van der Waals surface area contributed by atoms with Crippen molar-refractivity contribution >= 4 is 27.5 Å². The maximum Gasteiger partial charge on any atom is 0.319 e. The molecule has 0 saturated carbocycles. The van der Waals surface area contributed by atoms with Crippen molar-refractivity contribution in [3.05, 3.63) is 41.5 Å². The van der Waals surface area contributed by atoms with Crippen LogP contribution in [0.15, 0.2) is 24.3 Å². The van der Waals surface area contributed by atoms with Crippen LogP contribution >= 0.6 is 0 Å². The van der Waals surface area contributed by atoms with Crippen LogP contribution in [-0.2, 0) is 0 Å². The predicted molar refractivity (Wildman–Crippen MR) is 159 cm³/mol. The van der Waals surface area contributed by atoms with E-state index in [4.69, 9.17) is 23.6 Å². The molecular formula is C33H30F3N5O3. The Morgan fingerprint density at radius 2 is 2.07 bits per heavy atom. The molecule has 2 aromatic carbocycles. The molecule has 1 N–H and O–H groups in total. The number of ether oxygens (including phenoxy) is 2. The fourth-order valence-corrected chi connectivity index (χ4v) is 7.32. The summed E-state index contributed by atoms with van der Waals surface area (Å²) in [4.78, 5) is 17.4. The summed E-state index contributed by atoms with van der Waals surface area (Å²) in [5.74, 6) is 1.09. The average molecular weight is 604 g/mol. The Morgan fingerprint density at radius 3 is 2.93 bits per heavy atom. The van der Waals surface area contributed by atoms with Gasteiger partial charge in [0.05, 0.1) is 17.1 Å². The zero-order valence-electron chi connectivity index (χ0n) is 25.7. The van der Waals surface area contributed by atoms with Gasteiger partial charge in [0, 0.05) is 33.2 Å². The number of piperidine rings is 1. The quantitative estimate of drug-likeness (QED) is 0.306. The van der Waals surface area contributed by atoms with Gasteiger partial charge >= 0.3 is 6.01 Å². The fourth-order valence-electron chi connectivity index (χ4n) is 7.32. The second-order valence-corrected chi connectivity index (χ2v) is 12.0. The van der Waals surface area contributed by atoms with Gasteiger partial charge in [0.1, 0.15) is 53.4 Å². The number of terminal acetylenes is 1. The molecule has 226 valence electrons. The summed E-state index contributed by atoms with van der Waals surface area (Å²) in [5, 5.41) is 11.4. The lowest BCUT2D eigenvalue weighted by Crippen LogP contribution is -2.44.